The highest BCUT2D eigenvalue weighted by molar-refractivity contribution is 14.1. The molecule has 84 valence electrons. The molecule has 0 aromatic carbocycles. The molecule has 1 unspecified atom stereocenters. The van der Waals surface area contributed by atoms with Gasteiger partial charge in [0.1, 0.15) is 11.9 Å². The summed E-state index contributed by atoms with van der Waals surface area (Å²) < 4.78 is 5.93. The number of aryl methyl sites for hydroxylation is 1. The van der Waals surface area contributed by atoms with Crippen LogP contribution in [0.4, 0.5) is 0 Å². The Labute approximate surface area is 103 Å². The van der Waals surface area contributed by atoms with Crippen molar-refractivity contribution in [3.63, 3.8) is 0 Å². The van der Waals surface area contributed by atoms with Gasteiger partial charge in [0.25, 0.3) is 5.56 Å². The van der Waals surface area contributed by atoms with E-state index < -0.39 is 0 Å². The van der Waals surface area contributed by atoms with Crippen LogP contribution in [-0.2, 0) is 4.74 Å². The smallest absolute Gasteiger partial charge is 0.264 e. The van der Waals surface area contributed by atoms with Gasteiger partial charge in [0, 0.05) is 7.11 Å². The maximum Gasteiger partial charge on any atom is 0.264 e. The monoisotopic (exact) mass is 322 g/mol. The van der Waals surface area contributed by atoms with Crippen LogP contribution in [0.3, 0.4) is 0 Å². The highest BCUT2D eigenvalue weighted by Gasteiger charge is 2.14. The van der Waals surface area contributed by atoms with Crippen LogP contribution in [0.2, 0.25) is 0 Å². The summed E-state index contributed by atoms with van der Waals surface area (Å²) in [6.07, 6.45) is 1.74. The number of H-pyrrole nitrogens is 1. The van der Waals surface area contributed by atoms with Gasteiger partial charge in [-0.2, -0.15) is 0 Å². The summed E-state index contributed by atoms with van der Waals surface area (Å²) in [5, 5.41) is 0. The SMILES string of the molecule is CCCC(OC)c1nc(C)c(I)c(=O)[nH]1. The van der Waals surface area contributed by atoms with Crippen molar-refractivity contribution in [2.75, 3.05) is 7.11 Å². The molecule has 1 heterocycles. The predicted molar refractivity (Wildman–Crippen MR) is 67.0 cm³/mol. The number of aromatic amines is 1. The van der Waals surface area contributed by atoms with Crippen LogP contribution in [0.25, 0.3) is 0 Å². The largest absolute Gasteiger partial charge is 0.374 e. The third-order valence-electron chi connectivity index (χ3n) is 2.19. The minimum Gasteiger partial charge on any atom is -0.374 e. The van der Waals surface area contributed by atoms with Gasteiger partial charge in [0.2, 0.25) is 0 Å². The number of ether oxygens (including phenoxy) is 1. The summed E-state index contributed by atoms with van der Waals surface area (Å²) in [7, 11) is 1.63. The fourth-order valence-corrected chi connectivity index (χ4v) is 1.63. The number of methoxy groups -OCH3 is 1. The number of nitrogens with zero attached hydrogens (tertiary/aromatic N) is 1. The standard InChI is InChI=1S/C10H15IN2O2/c1-4-5-7(15-3)9-12-6(2)8(11)10(14)13-9/h7H,4-5H2,1-3H3,(H,12,13,14). The molecule has 0 aliphatic rings. The first-order valence-electron chi connectivity index (χ1n) is 4.89. The zero-order valence-electron chi connectivity index (χ0n) is 9.13. The van der Waals surface area contributed by atoms with E-state index in [1.807, 2.05) is 29.5 Å². The molecule has 0 saturated heterocycles. The highest BCUT2D eigenvalue weighted by Crippen LogP contribution is 2.18. The van der Waals surface area contributed by atoms with Crippen LogP contribution in [0.5, 0.6) is 0 Å². The number of aromatic nitrogens is 2. The van der Waals surface area contributed by atoms with Crippen molar-refractivity contribution < 1.29 is 4.74 Å². The Morgan fingerprint density at radius 1 is 1.60 bits per heavy atom. The number of hydrogen-bond donors (Lipinski definition) is 1. The Morgan fingerprint density at radius 2 is 2.27 bits per heavy atom. The van der Waals surface area contributed by atoms with E-state index >= 15 is 0 Å². The lowest BCUT2D eigenvalue weighted by molar-refractivity contribution is 0.0872. The molecule has 1 atom stereocenters. The van der Waals surface area contributed by atoms with Crippen LogP contribution in [0.15, 0.2) is 4.79 Å². The third kappa shape index (κ3) is 3.01. The van der Waals surface area contributed by atoms with Gasteiger partial charge in [0.15, 0.2) is 0 Å². The first-order valence-corrected chi connectivity index (χ1v) is 5.97. The van der Waals surface area contributed by atoms with E-state index in [-0.39, 0.29) is 11.7 Å². The quantitative estimate of drug-likeness (QED) is 0.865. The lowest BCUT2D eigenvalue weighted by Crippen LogP contribution is -2.19. The van der Waals surface area contributed by atoms with E-state index in [0.29, 0.717) is 9.39 Å². The van der Waals surface area contributed by atoms with Crippen molar-refractivity contribution in [3.05, 3.63) is 25.4 Å². The van der Waals surface area contributed by atoms with E-state index in [0.717, 1.165) is 18.5 Å². The Balaban J connectivity index is 3.09. The second-order valence-corrected chi connectivity index (χ2v) is 4.44. The average molecular weight is 322 g/mol. The Hall–Kier alpha value is -0.430. The van der Waals surface area contributed by atoms with Crippen molar-refractivity contribution in [3.8, 4) is 0 Å². The summed E-state index contributed by atoms with van der Waals surface area (Å²) >= 11 is 2.00. The molecule has 0 aliphatic heterocycles. The first kappa shape index (κ1) is 12.6. The van der Waals surface area contributed by atoms with Crippen molar-refractivity contribution in [1.82, 2.24) is 9.97 Å². The maximum atomic E-state index is 11.5. The molecule has 1 rings (SSSR count). The van der Waals surface area contributed by atoms with Crippen molar-refractivity contribution in [2.45, 2.75) is 32.8 Å². The summed E-state index contributed by atoms with van der Waals surface area (Å²) in [5.74, 6) is 0.627. The summed E-state index contributed by atoms with van der Waals surface area (Å²) in [6, 6.07) is 0. The average Bonchev–Trinajstić information content (AvgIpc) is 2.22. The van der Waals surface area contributed by atoms with Crippen LogP contribution in [0, 0.1) is 10.5 Å². The van der Waals surface area contributed by atoms with Gasteiger partial charge >= 0.3 is 0 Å². The van der Waals surface area contributed by atoms with E-state index in [2.05, 4.69) is 16.9 Å². The summed E-state index contributed by atoms with van der Waals surface area (Å²) in [6.45, 7) is 3.91. The number of hydrogen-bond acceptors (Lipinski definition) is 3. The minimum absolute atomic E-state index is 0.0868. The van der Waals surface area contributed by atoms with Crippen molar-refractivity contribution >= 4 is 22.6 Å². The molecule has 15 heavy (non-hydrogen) atoms. The molecule has 0 radical (unpaired) electrons. The second-order valence-electron chi connectivity index (χ2n) is 3.36. The lowest BCUT2D eigenvalue weighted by Gasteiger charge is -2.13. The number of rotatable bonds is 4. The molecular formula is C10H15IN2O2. The molecule has 0 bridgehead atoms. The molecule has 4 nitrogen and oxygen atoms in total. The van der Waals surface area contributed by atoms with Gasteiger partial charge in [-0.25, -0.2) is 4.98 Å². The van der Waals surface area contributed by atoms with Gasteiger partial charge in [-0.1, -0.05) is 13.3 Å². The van der Waals surface area contributed by atoms with Crippen LogP contribution < -0.4 is 5.56 Å². The molecule has 1 aromatic heterocycles. The highest BCUT2D eigenvalue weighted by atomic mass is 127. The van der Waals surface area contributed by atoms with Crippen LogP contribution >= 0.6 is 22.6 Å². The molecule has 0 amide bonds. The molecule has 0 saturated carbocycles. The molecule has 1 N–H and O–H groups in total. The van der Waals surface area contributed by atoms with Gasteiger partial charge in [-0.15, -0.1) is 0 Å². The molecule has 0 aliphatic carbocycles. The zero-order chi connectivity index (χ0) is 11.4. The first-order chi connectivity index (χ1) is 7.10. The van der Waals surface area contributed by atoms with E-state index in [4.69, 9.17) is 4.74 Å². The van der Waals surface area contributed by atoms with Gasteiger partial charge < -0.3 is 9.72 Å². The number of halogens is 1. The molecule has 5 heteroatoms. The maximum absolute atomic E-state index is 11.5. The fraction of sp³-hybridized carbons (Fsp3) is 0.600. The van der Waals surface area contributed by atoms with E-state index in [1.54, 1.807) is 7.11 Å². The molecule has 1 aromatic rings. The second kappa shape index (κ2) is 5.60. The van der Waals surface area contributed by atoms with Crippen molar-refractivity contribution in [1.29, 1.82) is 0 Å². The number of nitrogens with one attached hydrogen (secondary N) is 1. The summed E-state index contributed by atoms with van der Waals surface area (Å²) in [5.41, 5.74) is 0.670. The van der Waals surface area contributed by atoms with Gasteiger partial charge in [-0.05, 0) is 35.9 Å². The van der Waals surface area contributed by atoms with Crippen LogP contribution in [0.1, 0.15) is 37.4 Å². The topological polar surface area (TPSA) is 55.0 Å². The zero-order valence-corrected chi connectivity index (χ0v) is 11.3. The van der Waals surface area contributed by atoms with E-state index in [9.17, 15) is 4.79 Å². The van der Waals surface area contributed by atoms with Crippen molar-refractivity contribution in [2.24, 2.45) is 0 Å². The normalized spacial score (nSPS) is 12.8. The Bertz CT molecular complexity index is 389. The molecule has 0 spiro atoms. The predicted octanol–water partition coefficient (Wildman–Crippen LogP) is 2.17. The Kier molecular flexibility index (Phi) is 4.72. The lowest BCUT2D eigenvalue weighted by atomic mass is 10.2. The third-order valence-corrected chi connectivity index (χ3v) is 3.46. The van der Waals surface area contributed by atoms with Gasteiger partial charge in [-0.3, -0.25) is 4.79 Å². The molecule has 0 fully saturated rings. The van der Waals surface area contributed by atoms with Gasteiger partial charge in [0.05, 0.1) is 9.26 Å². The summed E-state index contributed by atoms with van der Waals surface area (Å²) in [4.78, 5) is 18.6. The minimum atomic E-state index is -0.113. The Morgan fingerprint density at radius 3 is 2.73 bits per heavy atom. The van der Waals surface area contributed by atoms with Crippen LogP contribution in [-0.4, -0.2) is 17.1 Å². The van der Waals surface area contributed by atoms with E-state index in [1.165, 1.54) is 0 Å². The fourth-order valence-electron chi connectivity index (χ4n) is 1.37. The molecular weight excluding hydrogens is 307 g/mol.